The van der Waals surface area contributed by atoms with Crippen LogP contribution in [0, 0.1) is 11.8 Å². The highest BCUT2D eigenvalue weighted by Crippen LogP contribution is 2.24. The number of hydrogen-bond acceptors (Lipinski definition) is 4. The van der Waals surface area contributed by atoms with E-state index in [1.54, 1.807) is 5.32 Å². The second-order valence-electron chi connectivity index (χ2n) is 7.97. The minimum Gasteiger partial charge on any atom is -0.344 e. The van der Waals surface area contributed by atoms with Gasteiger partial charge in [-0.2, -0.15) is 26.3 Å². The molecule has 0 aliphatic carbocycles. The van der Waals surface area contributed by atoms with Crippen molar-refractivity contribution in [2.45, 2.75) is 71.0 Å². The molecule has 2 N–H and O–H groups in total. The molecule has 7 nitrogen and oxygen atoms in total. The van der Waals surface area contributed by atoms with Gasteiger partial charge in [0.1, 0.15) is 12.1 Å². The summed E-state index contributed by atoms with van der Waals surface area (Å²) in [5.74, 6) is -8.13. The van der Waals surface area contributed by atoms with E-state index in [0.717, 1.165) is 4.90 Å². The van der Waals surface area contributed by atoms with Crippen LogP contribution < -0.4 is 10.6 Å². The number of hydrogen-bond donors (Lipinski definition) is 2. The Morgan fingerprint density at radius 2 is 1.35 bits per heavy atom. The van der Waals surface area contributed by atoms with Crippen LogP contribution in [0.4, 0.5) is 26.3 Å². The first-order valence-corrected chi connectivity index (χ1v) is 9.58. The number of nitrogens with one attached hydrogen (secondary N) is 2. The summed E-state index contributed by atoms with van der Waals surface area (Å²) in [6, 6.07) is -4.75. The zero-order valence-corrected chi connectivity index (χ0v) is 17.4. The van der Waals surface area contributed by atoms with Gasteiger partial charge in [0.05, 0.1) is 6.04 Å². The summed E-state index contributed by atoms with van der Waals surface area (Å²) in [6.07, 6.45) is -10.1. The van der Waals surface area contributed by atoms with Gasteiger partial charge in [0, 0.05) is 6.54 Å². The maximum absolute atomic E-state index is 12.8. The zero-order chi connectivity index (χ0) is 24.3. The number of halogens is 6. The van der Waals surface area contributed by atoms with Crippen molar-refractivity contribution in [2.24, 2.45) is 11.8 Å². The highest BCUT2D eigenvalue weighted by Gasteiger charge is 2.47. The summed E-state index contributed by atoms with van der Waals surface area (Å²) >= 11 is 0. The van der Waals surface area contributed by atoms with Crippen LogP contribution in [0.2, 0.25) is 0 Å². The Balaban J connectivity index is 3.03. The molecule has 0 saturated carbocycles. The predicted octanol–water partition coefficient (Wildman–Crippen LogP) is 1.95. The molecule has 178 valence electrons. The number of amides is 3. The SMILES string of the molecule is CC(C)[C@H](NC(=O)C(F)(F)F)C(=O)N1CCC[C@H]1C(=O)N[C@H](C(=O)C(F)(F)F)C(C)C. The largest absolute Gasteiger partial charge is 0.471 e. The van der Waals surface area contributed by atoms with E-state index < -0.39 is 65.8 Å². The number of alkyl halides is 6. The molecule has 0 bridgehead atoms. The minimum atomic E-state index is -5.22. The Morgan fingerprint density at radius 3 is 1.77 bits per heavy atom. The van der Waals surface area contributed by atoms with Gasteiger partial charge in [0.2, 0.25) is 11.8 Å². The molecule has 0 radical (unpaired) electrons. The van der Waals surface area contributed by atoms with E-state index in [4.69, 9.17) is 0 Å². The van der Waals surface area contributed by atoms with Crippen LogP contribution in [-0.4, -0.2) is 65.4 Å². The summed E-state index contributed by atoms with van der Waals surface area (Å²) in [5.41, 5.74) is 0. The number of carbonyl (C=O) groups excluding carboxylic acids is 4. The van der Waals surface area contributed by atoms with Gasteiger partial charge in [-0.25, -0.2) is 0 Å². The molecule has 0 unspecified atom stereocenters. The number of ketones is 1. The van der Waals surface area contributed by atoms with Gasteiger partial charge in [0.25, 0.3) is 5.78 Å². The van der Waals surface area contributed by atoms with Crippen LogP contribution in [-0.2, 0) is 19.2 Å². The van der Waals surface area contributed by atoms with E-state index >= 15 is 0 Å². The van der Waals surface area contributed by atoms with Crippen molar-refractivity contribution < 1.29 is 45.5 Å². The highest BCUT2D eigenvalue weighted by atomic mass is 19.4. The number of nitrogens with zero attached hydrogens (tertiary/aromatic N) is 1. The molecule has 3 atom stereocenters. The van der Waals surface area contributed by atoms with Gasteiger partial charge in [0.15, 0.2) is 0 Å². The average Bonchev–Trinajstić information content (AvgIpc) is 3.10. The highest BCUT2D eigenvalue weighted by molar-refractivity contribution is 5.96. The quantitative estimate of drug-likeness (QED) is 0.567. The predicted molar refractivity (Wildman–Crippen MR) is 95.4 cm³/mol. The molecule has 1 aliphatic heterocycles. The van der Waals surface area contributed by atoms with Crippen molar-refractivity contribution in [3.8, 4) is 0 Å². The molecule has 31 heavy (non-hydrogen) atoms. The lowest BCUT2D eigenvalue weighted by atomic mass is 9.98. The molecule has 0 spiro atoms. The molecule has 0 aromatic rings. The summed E-state index contributed by atoms with van der Waals surface area (Å²) in [4.78, 5) is 49.2. The van der Waals surface area contributed by atoms with Crippen LogP contribution in [0.3, 0.4) is 0 Å². The van der Waals surface area contributed by atoms with Crippen molar-refractivity contribution in [1.82, 2.24) is 15.5 Å². The molecule has 3 amide bonds. The van der Waals surface area contributed by atoms with E-state index in [2.05, 4.69) is 0 Å². The lowest BCUT2D eigenvalue weighted by Gasteiger charge is -2.32. The van der Waals surface area contributed by atoms with Crippen LogP contribution in [0.15, 0.2) is 0 Å². The van der Waals surface area contributed by atoms with Crippen molar-refractivity contribution in [3.63, 3.8) is 0 Å². The number of Topliss-reactive ketones (excluding diaryl/α,β-unsaturated/α-hetero) is 1. The monoisotopic (exact) mass is 461 g/mol. The Morgan fingerprint density at radius 1 is 0.839 bits per heavy atom. The van der Waals surface area contributed by atoms with Gasteiger partial charge < -0.3 is 15.5 Å². The van der Waals surface area contributed by atoms with Gasteiger partial charge in [-0.1, -0.05) is 27.7 Å². The van der Waals surface area contributed by atoms with Gasteiger partial charge in [-0.15, -0.1) is 0 Å². The maximum Gasteiger partial charge on any atom is 0.471 e. The average molecular weight is 461 g/mol. The molecule has 1 heterocycles. The first-order chi connectivity index (χ1) is 14.0. The molecule has 1 aliphatic rings. The van der Waals surface area contributed by atoms with Gasteiger partial charge in [-0.3, -0.25) is 19.2 Å². The Labute approximate surface area is 174 Å². The fourth-order valence-corrected chi connectivity index (χ4v) is 3.18. The Hall–Kier alpha value is -2.34. The second-order valence-corrected chi connectivity index (χ2v) is 7.97. The van der Waals surface area contributed by atoms with Crippen LogP contribution in [0.1, 0.15) is 40.5 Å². The van der Waals surface area contributed by atoms with Gasteiger partial charge in [-0.05, 0) is 24.7 Å². The first-order valence-electron chi connectivity index (χ1n) is 9.58. The summed E-state index contributed by atoms with van der Waals surface area (Å²) < 4.78 is 76.2. The molecule has 1 fully saturated rings. The molecule has 1 saturated heterocycles. The smallest absolute Gasteiger partial charge is 0.344 e. The van der Waals surface area contributed by atoms with Crippen LogP contribution in [0.25, 0.3) is 0 Å². The van der Waals surface area contributed by atoms with Crippen molar-refractivity contribution in [1.29, 1.82) is 0 Å². The number of likely N-dealkylation sites (tertiary alicyclic amines) is 1. The fraction of sp³-hybridized carbons (Fsp3) is 0.778. The number of rotatable bonds is 7. The normalized spacial score (nSPS) is 19.4. The summed E-state index contributed by atoms with van der Waals surface area (Å²) in [6.45, 7) is 5.34. The lowest BCUT2D eigenvalue weighted by Crippen LogP contribution is -2.59. The van der Waals surface area contributed by atoms with E-state index in [9.17, 15) is 45.5 Å². The van der Waals surface area contributed by atoms with E-state index in [1.807, 2.05) is 5.32 Å². The van der Waals surface area contributed by atoms with Gasteiger partial charge >= 0.3 is 18.3 Å². The van der Waals surface area contributed by atoms with E-state index in [-0.39, 0.29) is 19.4 Å². The topological polar surface area (TPSA) is 95.6 Å². The standard InChI is InChI=1S/C18H25F6N3O4/c1-8(2)11(13(28)17(19,20)21)25-14(29)10-6-5-7-27(10)15(30)12(9(3)4)26-16(31)18(22,23)24/h8-12H,5-7H2,1-4H3,(H,25,29)(H,26,31)/t10-,11-,12-/m0/s1. The molecule has 1 rings (SSSR count). The van der Waals surface area contributed by atoms with Crippen molar-refractivity contribution in [3.05, 3.63) is 0 Å². The van der Waals surface area contributed by atoms with Crippen LogP contribution in [0.5, 0.6) is 0 Å². The van der Waals surface area contributed by atoms with Crippen molar-refractivity contribution >= 4 is 23.5 Å². The third kappa shape index (κ3) is 6.82. The zero-order valence-electron chi connectivity index (χ0n) is 17.4. The molecule has 0 aromatic heterocycles. The molecular weight excluding hydrogens is 436 g/mol. The third-order valence-corrected chi connectivity index (χ3v) is 4.84. The number of carbonyl (C=O) groups is 4. The Kier molecular flexibility index (Phi) is 8.49. The second kappa shape index (κ2) is 9.86. The van der Waals surface area contributed by atoms with Crippen molar-refractivity contribution in [2.75, 3.05) is 6.54 Å². The Bertz CT molecular complexity index is 705. The molecular formula is C18H25F6N3O4. The summed E-state index contributed by atoms with van der Waals surface area (Å²) in [7, 11) is 0. The van der Waals surface area contributed by atoms with E-state index in [1.165, 1.54) is 27.7 Å². The minimum absolute atomic E-state index is 0.0401. The van der Waals surface area contributed by atoms with E-state index in [0.29, 0.717) is 0 Å². The lowest BCUT2D eigenvalue weighted by molar-refractivity contribution is -0.175. The first kappa shape index (κ1) is 26.7. The molecule has 13 heteroatoms. The third-order valence-electron chi connectivity index (χ3n) is 4.84. The maximum atomic E-state index is 12.8. The molecule has 0 aromatic carbocycles. The fourth-order valence-electron chi connectivity index (χ4n) is 3.18. The van der Waals surface area contributed by atoms with Crippen LogP contribution >= 0.6 is 0 Å². The summed E-state index contributed by atoms with van der Waals surface area (Å²) in [5, 5.41) is 3.61.